The summed E-state index contributed by atoms with van der Waals surface area (Å²) in [5, 5.41) is 7.24. The minimum Gasteiger partial charge on any atom is -0.360 e. The molecule has 0 fully saturated rings. The monoisotopic (exact) mass is 246 g/mol. The van der Waals surface area contributed by atoms with Gasteiger partial charge in [-0.3, -0.25) is 0 Å². The van der Waals surface area contributed by atoms with Crippen molar-refractivity contribution in [3.05, 3.63) is 53.4 Å². The van der Waals surface area contributed by atoms with E-state index in [1.807, 2.05) is 17.8 Å². The third-order valence-electron chi connectivity index (χ3n) is 2.99. The van der Waals surface area contributed by atoms with Gasteiger partial charge in [-0.25, -0.2) is 0 Å². The summed E-state index contributed by atoms with van der Waals surface area (Å²) in [5.41, 5.74) is 2.87. The Labute approximate surface area is 105 Å². The van der Waals surface area contributed by atoms with Crippen molar-refractivity contribution in [1.82, 2.24) is 10.5 Å². The second-order valence-electron chi connectivity index (χ2n) is 4.13. The Hall–Kier alpha value is -1.26. The van der Waals surface area contributed by atoms with Gasteiger partial charge in [-0.1, -0.05) is 29.4 Å². The molecule has 1 aliphatic rings. The number of rotatable bonds is 3. The van der Waals surface area contributed by atoms with Gasteiger partial charge in [0.05, 0.1) is 12.7 Å². The highest BCUT2D eigenvalue weighted by molar-refractivity contribution is 7.98. The molecule has 3 rings (SSSR count). The smallest absolute Gasteiger partial charge is 0.150 e. The summed E-state index contributed by atoms with van der Waals surface area (Å²) in [7, 11) is 0. The summed E-state index contributed by atoms with van der Waals surface area (Å²) in [5.74, 6) is 3.12. The fourth-order valence-corrected chi connectivity index (χ4v) is 3.24. The lowest BCUT2D eigenvalue weighted by Gasteiger charge is -2.25. The third kappa shape index (κ3) is 2.37. The molecule has 0 spiro atoms. The summed E-state index contributed by atoms with van der Waals surface area (Å²) >= 11 is 1.97. The molecule has 0 saturated heterocycles. The number of aromatic nitrogens is 1. The molecule has 1 aliphatic heterocycles. The van der Waals surface area contributed by atoms with Gasteiger partial charge in [0.2, 0.25) is 0 Å². The first-order valence-corrected chi connectivity index (χ1v) is 6.87. The van der Waals surface area contributed by atoms with Crippen LogP contribution in [0.2, 0.25) is 0 Å². The average Bonchev–Trinajstić information content (AvgIpc) is 2.89. The molecule has 1 unspecified atom stereocenters. The molecular weight excluding hydrogens is 232 g/mol. The first-order chi connectivity index (χ1) is 8.43. The maximum absolute atomic E-state index is 5.09. The molecule has 1 aromatic carbocycles. The lowest BCUT2D eigenvalue weighted by atomic mass is 10.0. The highest BCUT2D eigenvalue weighted by Gasteiger charge is 2.19. The minimum atomic E-state index is 0.412. The molecule has 4 heteroatoms. The van der Waals surface area contributed by atoms with E-state index in [-0.39, 0.29) is 0 Å². The molecule has 0 radical (unpaired) electrons. The average molecular weight is 246 g/mol. The van der Waals surface area contributed by atoms with E-state index in [4.69, 9.17) is 4.52 Å². The summed E-state index contributed by atoms with van der Waals surface area (Å²) in [4.78, 5) is 0. The van der Waals surface area contributed by atoms with Gasteiger partial charge in [0.15, 0.2) is 0 Å². The molecule has 3 nitrogen and oxygen atoms in total. The van der Waals surface area contributed by atoms with E-state index >= 15 is 0 Å². The molecule has 17 heavy (non-hydrogen) atoms. The van der Waals surface area contributed by atoms with Crippen LogP contribution in [0, 0.1) is 0 Å². The van der Waals surface area contributed by atoms with Crippen molar-refractivity contribution in [3.63, 3.8) is 0 Å². The minimum absolute atomic E-state index is 0.412. The maximum atomic E-state index is 5.09. The Morgan fingerprint density at radius 3 is 3.18 bits per heavy atom. The van der Waals surface area contributed by atoms with E-state index in [1.54, 1.807) is 6.20 Å². The quantitative estimate of drug-likeness (QED) is 0.903. The molecule has 0 aliphatic carbocycles. The van der Waals surface area contributed by atoms with Crippen molar-refractivity contribution in [2.45, 2.75) is 18.3 Å². The van der Waals surface area contributed by atoms with Crippen LogP contribution in [0.4, 0.5) is 0 Å². The van der Waals surface area contributed by atoms with Gasteiger partial charge < -0.3 is 9.84 Å². The number of hydrogen-bond donors (Lipinski definition) is 1. The lowest BCUT2D eigenvalue weighted by molar-refractivity contribution is 0.366. The van der Waals surface area contributed by atoms with Crippen LogP contribution in [-0.4, -0.2) is 10.9 Å². The van der Waals surface area contributed by atoms with Crippen LogP contribution >= 0.6 is 11.8 Å². The Morgan fingerprint density at radius 1 is 1.35 bits per heavy atom. The van der Waals surface area contributed by atoms with Gasteiger partial charge in [0, 0.05) is 23.6 Å². The number of nitrogens with zero attached hydrogens (tertiary/aromatic N) is 1. The summed E-state index contributed by atoms with van der Waals surface area (Å²) in [6.07, 6.45) is 1.68. The van der Waals surface area contributed by atoms with Gasteiger partial charge in [-0.2, -0.15) is 11.8 Å². The fraction of sp³-hybridized carbons (Fsp3) is 0.308. The van der Waals surface area contributed by atoms with E-state index in [2.05, 4.69) is 34.7 Å². The summed E-state index contributed by atoms with van der Waals surface area (Å²) in [6, 6.07) is 11.0. The van der Waals surface area contributed by atoms with Crippen LogP contribution in [0.1, 0.15) is 22.9 Å². The van der Waals surface area contributed by atoms with E-state index in [1.165, 1.54) is 11.1 Å². The molecule has 88 valence electrons. The topological polar surface area (TPSA) is 38.1 Å². The molecule has 0 saturated carbocycles. The van der Waals surface area contributed by atoms with E-state index in [0.717, 1.165) is 23.8 Å². The molecule has 1 N–H and O–H groups in total. The van der Waals surface area contributed by atoms with Crippen LogP contribution in [0.15, 0.2) is 41.1 Å². The summed E-state index contributed by atoms with van der Waals surface area (Å²) < 4.78 is 5.09. The van der Waals surface area contributed by atoms with E-state index in [0.29, 0.717) is 6.04 Å². The molecule has 0 amide bonds. The van der Waals surface area contributed by atoms with Gasteiger partial charge in [0.25, 0.3) is 0 Å². The molecule has 1 aromatic heterocycles. The Morgan fingerprint density at radius 2 is 2.29 bits per heavy atom. The van der Waals surface area contributed by atoms with Crippen molar-refractivity contribution in [2.75, 3.05) is 5.75 Å². The Kier molecular flexibility index (Phi) is 3.16. The van der Waals surface area contributed by atoms with Crippen LogP contribution in [0.3, 0.4) is 0 Å². The van der Waals surface area contributed by atoms with Crippen molar-refractivity contribution in [2.24, 2.45) is 0 Å². The van der Waals surface area contributed by atoms with Crippen LogP contribution in [-0.2, 0) is 12.3 Å². The van der Waals surface area contributed by atoms with Crippen molar-refractivity contribution in [3.8, 4) is 0 Å². The van der Waals surface area contributed by atoms with Gasteiger partial charge >= 0.3 is 0 Å². The molecule has 2 heterocycles. The van der Waals surface area contributed by atoms with Crippen LogP contribution < -0.4 is 5.32 Å². The zero-order valence-electron chi connectivity index (χ0n) is 9.43. The number of hydrogen-bond acceptors (Lipinski definition) is 4. The van der Waals surface area contributed by atoms with Crippen molar-refractivity contribution in [1.29, 1.82) is 0 Å². The van der Waals surface area contributed by atoms with Gasteiger partial charge in [0.1, 0.15) is 5.76 Å². The third-order valence-corrected chi connectivity index (χ3v) is 4.07. The zero-order chi connectivity index (χ0) is 11.5. The largest absolute Gasteiger partial charge is 0.360 e. The number of nitrogens with one attached hydrogen (secondary N) is 1. The molecule has 0 bridgehead atoms. The molecule has 2 aromatic rings. The highest BCUT2D eigenvalue weighted by atomic mass is 32.2. The summed E-state index contributed by atoms with van der Waals surface area (Å²) in [6.45, 7) is 0.736. The van der Waals surface area contributed by atoms with Gasteiger partial charge in [-0.05, 0) is 11.1 Å². The number of thioether (sulfide) groups is 1. The van der Waals surface area contributed by atoms with Crippen molar-refractivity contribution >= 4 is 11.8 Å². The predicted octanol–water partition coefficient (Wildman–Crippen LogP) is 2.75. The highest BCUT2D eigenvalue weighted by Crippen LogP contribution is 2.31. The molecular formula is C13H14N2OS. The first-order valence-electron chi connectivity index (χ1n) is 5.72. The van der Waals surface area contributed by atoms with E-state index in [9.17, 15) is 0 Å². The Balaban J connectivity index is 1.72. The standard InChI is InChI=1S/C13H14N2OS/c1-2-4-12-10(3-1)8-17-9-13(12)14-7-11-5-6-15-16-11/h1-6,13-14H,7-9H2. The van der Waals surface area contributed by atoms with Crippen molar-refractivity contribution < 1.29 is 4.52 Å². The maximum Gasteiger partial charge on any atom is 0.150 e. The fourth-order valence-electron chi connectivity index (χ4n) is 2.11. The second-order valence-corrected chi connectivity index (χ2v) is 5.16. The first kappa shape index (κ1) is 10.9. The number of benzene rings is 1. The zero-order valence-corrected chi connectivity index (χ0v) is 10.2. The van der Waals surface area contributed by atoms with Crippen LogP contribution in [0.25, 0.3) is 0 Å². The van der Waals surface area contributed by atoms with Gasteiger partial charge in [-0.15, -0.1) is 0 Å². The second kappa shape index (κ2) is 4.94. The lowest BCUT2D eigenvalue weighted by Crippen LogP contribution is -2.26. The SMILES string of the molecule is c1ccc2c(c1)CSCC2NCc1ccno1. The predicted molar refractivity (Wildman–Crippen MR) is 68.7 cm³/mol. The normalized spacial score (nSPS) is 18.9. The van der Waals surface area contributed by atoms with Crippen LogP contribution in [0.5, 0.6) is 0 Å². The number of fused-ring (bicyclic) bond motifs is 1. The Bertz CT molecular complexity index is 484. The molecule has 1 atom stereocenters. The van der Waals surface area contributed by atoms with E-state index < -0.39 is 0 Å².